The highest BCUT2D eigenvalue weighted by molar-refractivity contribution is 6.20. The van der Waals surface area contributed by atoms with Gasteiger partial charge in [0.15, 0.2) is 5.65 Å². The number of imidazole rings is 1. The first-order valence-electron chi connectivity index (χ1n) is 7.57. The Hall–Kier alpha value is -1.07. The van der Waals surface area contributed by atoms with Crippen LogP contribution in [0.25, 0.3) is 11.2 Å². The second-order valence-electron chi connectivity index (χ2n) is 5.58. The van der Waals surface area contributed by atoms with Crippen LogP contribution in [0, 0.1) is 0 Å². The molecule has 0 spiro atoms. The summed E-state index contributed by atoms with van der Waals surface area (Å²) >= 11 is 6.35. The number of rotatable bonds is 7. The van der Waals surface area contributed by atoms with Gasteiger partial charge in [-0.1, -0.05) is 13.3 Å². The number of ether oxygens (including phenoxy) is 1. The van der Waals surface area contributed by atoms with Crippen LogP contribution in [0.15, 0.2) is 0 Å². The maximum absolute atomic E-state index is 6.35. The van der Waals surface area contributed by atoms with E-state index in [1.807, 2.05) is 18.7 Å². The molecule has 2 heterocycles. The van der Waals surface area contributed by atoms with Gasteiger partial charge in [0.05, 0.1) is 11.1 Å². The molecule has 0 aliphatic heterocycles. The molecule has 6 heteroatoms. The minimum atomic E-state index is -0.128. The number of alkyl halides is 1. The summed E-state index contributed by atoms with van der Waals surface area (Å²) in [5, 5.41) is 4.49. The number of halogens is 1. The third kappa shape index (κ3) is 3.09. The van der Waals surface area contributed by atoms with Crippen molar-refractivity contribution in [1.82, 2.24) is 19.3 Å². The number of methoxy groups -OCH3 is 1. The zero-order chi connectivity index (χ0) is 15.6. The summed E-state index contributed by atoms with van der Waals surface area (Å²) in [4.78, 5) is 4.79. The van der Waals surface area contributed by atoms with Gasteiger partial charge in [0, 0.05) is 26.8 Å². The zero-order valence-electron chi connectivity index (χ0n) is 13.6. The molecule has 0 radical (unpaired) electrons. The van der Waals surface area contributed by atoms with E-state index >= 15 is 0 Å². The van der Waals surface area contributed by atoms with E-state index < -0.39 is 0 Å². The van der Waals surface area contributed by atoms with Gasteiger partial charge in [-0.25, -0.2) is 4.98 Å². The Morgan fingerprint density at radius 1 is 1.33 bits per heavy atom. The Bertz CT molecular complexity index is 602. The van der Waals surface area contributed by atoms with Gasteiger partial charge in [0.25, 0.3) is 0 Å². The fourth-order valence-electron chi connectivity index (χ4n) is 2.76. The minimum absolute atomic E-state index is 0.128. The van der Waals surface area contributed by atoms with Crippen LogP contribution in [0.2, 0.25) is 0 Å². The summed E-state index contributed by atoms with van der Waals surface area (Å²) in [7, 11) is 3.70. The number of nitrogens with zero attached hydrogens (tertiary/aromatic N) is 4. The van der Waals surface area contributed by atoms with Gasteiger partial charge in [0.1, 0.15) is 11.3 Å². The number of hydrogen-bond acceptors (Lipinski definition) is 3. The van der Waals surface area contributed by atoms with E-state index in [-0.39, 0.29) is 11.4 Å². The number of hydrogen-bond donors (Lipinski definition) is 0. The van der Waals surface area contributed by atoms with Crippen molar-refractivity contribution >= 4 is 22.8 Å². The van der Waals surface area contributed by atoms with E-state index in [2.05, 4.69) is 23.5 Å². The maximum atomic E-state index is 6.35. The number of fused-ring (bicyclic) bond motifs is 1. The first-order chi connectivity index (χ1) is 10.0. The summed E-state index contributed by atoms with van der Waals surface area (Å²) in [6.45, 7) is 7.02. The molecule has 0 aliphatic rings. The highest BCUT2D eigenvalue weighted by Gasteiger charge is 2.24. The summed E-state index contributed by atoms with van der Waals surface area (Å²) in [6, 6.07) is 0.274. The third-order valence-corrected chi connectivity index (χ3v) is 3.98. The lowest BCUT2D eigenvalue weighted by molar-refractivity contribution is 0.181. The number of aromatic nitrogens is 4. The van der Waals surface area contributed by atoms with E-state index in [1.165, 1.54) is 0 Å². The Morgan fingerprint density at radius 2 is 2.05 bits per heavy atom. The van der Waals surface area contributed by atoms with Gasteiger partial charge >= 0.3 is 0 Å². The quantitative estimate of drug-likeness (QED) is 0.733. The fraction of sp³-hybridized carbons (Fsp3) is 0.733. The zero-order valence-corrected chi connectivity index (χ0v) is 14.3. The molecule has 0 fully saturated rings. The second-order valence-corrected chi connectivity index (χ2v) is 6.23. The predicted octanol–water partition coefficient (Wildman–Crippen LogP) is 3.62. The highest BCUT2D eigenvalue weighted by Crippen LogP contribution is 2.30. The predicted molar refractivity (Wildman–Crippen MR) is 86.0 cm³/mol. The molecule has 2 atom stereocenters. The van der Waals surface area contributed by atoms with Crippen molar-refractivity contribution in [3.05, 3.63) is 11.5 Å². The number of aryl methyl sites for hydroxylation is 2. The molecule has 2 unspecified atom stereocenters. The van der Waals surface area contributed by atoms with Crippen LogP contribution < -0.4 is 0 Å². The van der Waals surface area contributed by atoms with E-state index in [1.54, 1.807) is 7.11 Å². The van der Waals surface area contributed by atoms with Gasteiger partial charge in [-0.3, -0.25) is 4.68 Å². The van der Waals surface area contributed by atoms with E-state index in [9.17, 15) is 0 Å². The molecule has 0 aliphatic carbocycles. The van der Waals surface area contributed by atoms with Crippen molar-refractivity contribution in [3.63, 3.8) is 0 Å². The standard InChI is InChI=1S/C15H25ClN4O/c1-6-7-12-13-15(19(4)18-12)20(10(2)8-9-21-5)14(17-13)11(3)16/h10-11H,6-9H2,1-5H3. The monoisotopic (exact) mass is 312 g/mol. The molecule has 2 aromatic rings. The van der Waals surface area contributed by atoms with Crippen molar-refractivity contribution in [3.8, 4) is 0 Å². The largest absolute Gasteiger partial charge is 0.385 e. The smallest absolute Gasteiger partial charge is 0.158 e. The molecular weight excluding hydrogens is 288 g/mol. The van der Waals surface area contributed by atoms with Crippen LogP contribution in [-0.4, -0.2) is 33.0 Å². The Kier molecular flexibility index (Phi) is 5.27. The minimum Gasteiger partial charge on any atom is -0.385 e. The third-order valence-electron chi connectivity index (χ3n) is 3.79. The summed E-state index contributed by atoms with van der Waals surface area (Å²) in [5.41, 5.74) is 3.11. The van der Waals surface area contributed by atoms with Gasteiger partial charge in [-0.15, -0.1) is 11.6 Å². The molecule has 0 saturated carbocycles. The Labute approximate surface area is 131 Å². The molecule has 0 bridgehead atoms. The topological polar surface area (TPSA) is 44.9 Å². The molecule has 5 nitrogen and oxygen atoms in total. The molecule has 0 aromatic carbocycles. The lowest BCUT2D eigenvalue weighted by Gasteiger charge is -2.18. The molecule has 0 N–H and O–H groups in total. The molecule has 2 aromatic heterocycles. The highest BCUT2D eigenvalue weighted by atomic mass is 35.5. The molecule has 2 rings (SSSR count). The van der Waals surface area contributed by atoms with Crippen molar-refractivity contribution in [2.24, 2.45) is 7.05 Å². The summed E-state index contributed by atoms with van der Waals surface area (Å²) in [6.07, 6.45) is 2.92. The van der Waals surface area contributed by atoms with Crippen molar-refractivity contribution < 1.29 is 4.74 Å². The van der Waals surface area contributed by atoms with Crippen molar-refractivity contribution in [2.75, 3.05) is 13.7 Å². The first-order valence-corrected chi connectivity index (χ1v) is 8.01. The van der Waals surface area contributed by atoms with Gasteiger partial charge < -0.3 is 9.30 Å². The van der Waals surface area contributed by atoms with Crippen LogP contribution in [0.5, 0.6) is 0 Å². The van der Waals surface area contributed by atoms with E-state index in [0.29, 0.717) is 0 Å². The lowest BCUT2D eigenvalue weighted by atomic mass is 10.2. The molecule has 0 amide bonds. The molecular formula is C15H25ClN4O. The fourth-order valence-corrected chi connectivity index (χ4v) is 2.91. The van der Waals surface area contributed by atoms with Gasteiger partial charge in [-0.2, -0.15) is 5.10 Å². The summed E-state index contributed by atoms with van der Waals surface area (Å²) in [5.74, 6) is 0.917. The van der Waals surface area contributed by atoms with Crippen LogP contribution in [0.4, 0.5) is 0 Å². The molecule has 0 saturated heterocycles. The second kappa shape index (κ2) is 6.79. The van der Waals surface area contributed by atoms with Gasteiger partial charge in [0.2, 0.25) is 0 Å². The maximum Gasteiger partial charge on any atom is 0.158 e. The molecule has 21 heavy (non-hydrogen) atoms. The Balaban J connectivity index is 2.56. The average molecular weight is 313 g/mol. The van der Waals surface area contributed by atoms with Crippen molar-refractivity contribution in [2.45, 2.75) is 51.5 Å². The van der Waals surface area contributed by atoms with Crippen molar-refractivity contribution in [1.29, 1.82) is 0 Å². The SMILES string of the molecule is CCCc1nn(C)c2c1nc(C(C)Cl)n2C(C)CCOC. The van der Waals surface area contributed by atoms with E-state index in [0.717, 1.165) is 48.6 Å². The Morgan fingerprint density at radius 3 is 2.62 bits per heavy atom. The van der Waals surface area contributed by atoms with Crippen LogP contribution >= 0.6 is 11.6 Å². The average Bonchev–Trinajstić information content (AvgIpc) is 2.96. The van der Waals surface area contributed by atoms with Crippen LogP contribution in [0.3, 0.4) is 0 Å². The first kappa shape index (κ1) is 16.3. The molecule has 118 valence electrons. The van der Waals surface area contributed by atoms with Crippen LogP contribution in [0.1, 0.15) is 56.6 Å². The van der Waals surface area contributed by atoms with Gasteiger partial charge in [-0.05, 0) is 26.7 Å². The van der Waals surface area contributed by atoms with Crippen LogP contribution in [-0.2, 0) is 18.2 Å². The lowest BCUT2D eigenvalue weighted by Crippen LogP contribution is -2.14. The normalized spacial score (nSPS) is 14.8. The summed E-state index contributed by atoms with van der Waals surface area (Å²) < 4.78 is 9.36. The van der Waals surface area contributed by atoms with E-state index in [4.69, 9.17) is 21.3 Å².